The van der Waals surface area contributed by atoms with Crippen LogP contribution in [0.5, 0.6) is 0 Å². The minimum absolute atomic E-state index is 0.0455. The summed E-state index contributed by atoms with van der Waals surface area (Å²) in [5.74, 6) is -14.3. The molecule has 1 aromatic carbocycles. The Morgan fingerprint density at radius 2 is 1.52 bits per heavy atom. The number of esters is 1. The zero-order chi connectivity index (χ0) is 25.0. The molecule has 1 atom stereocenters. The number of fused-ring (bicyclic) bond motifs is 1. The Balaban J connectivity index is 2.44. The summed E-state index contributed by atoms with van der Waals surface area (Å²) in [6, 6.07) is 0. The van der Waals surface area contributed by atoms with Crippen molar-refractivity contribution in [3.05, 3.63) is 57.2 Å². The third-order valence-corrected chi connectivity index (χ3v) is 5.11. The zero-order valence-electron chi connectivity index (χ0n) is 18.8. The van der Waals surface area contributed by atoms with E-state index in [2.05, 4.69) is 10.4 Å². The van der Waals surface area contributed by atoms with Gasteiger partial charge in [0.2, 0.25) is 5.82 Å². The lowest BCUT2D eigenvalue weighted by Crippen LogP contribution is -2.32. The van der Waals surface area contributed by atoms with Crippen LogP contribution in [-0.4, -0.2) is 27.1 Å². The van der Waals surface area contributed by atoms with Gasteiger partial charge in [-0.25, -0.2) is 26.7 Å². The number of carbonyl (C=O) groups excluding carboxylic acids is 2. The number of nitrogens with one attached hydrogen (secondary N) is 1. The number of ketones is 1. The quantitative estimate of drug-likeness (QED) is 0.226. The van der Waals surface area contributed by atoms with Gasteiger partial charge in [0.05, 0.1) is 11.5 Å². The van der Waals surface area contributed by atoms with Crippen LogP contribution in [0.15, 0.2) is 11.3 Å². The maximum absolute atomic E-state index is 15.0. The molecule has 2 heterocycles. The Morgan fingerprint density at radius 1 is 1.00 bits per heavy atom. The van der Waals surface area contributed by atoms with Gasteiger partial charge in [0, 0.05) is 30.3 Å². The second kappa shape index (κ2) is 8.27. The van der Waals surface area contributed by atoms with Crippen LogP contribution >= 0.6 is 0 Å². The Kier molecular flexibility index (Phi) is 6.12. The van der Waals surface area contributed by atoms with Gasteiger partial charge in [-0.05, 0) is 27.7 Å². The van der Waals surface area contributed by atoms with Crippen molar-refractivity contribution >= 4 is 17.6 Å². The first kappa shape index (κ1) is 24.4. The number of hydrogen-bond donors (Lipinski definition) is 1. The number of carbonyl (C=O) groups is 2. The molecule has 0 bridgehead atoms. The summed E-state index contributed by atoms with van der Waals surface area (Å²) in [4.78, 5) is 25.7. The standard InChI is InChI=1S/C22H22F5N3O3/c1-7-9(31)19-13-11(12-14(23)16(25)18(27)17(26)15(12)24)10(21(32)33-22(3,4)5)8(2)28-20(13)30(6)29-19/h11,28H,7H2,1-6H3. The van der Waals surface area contributed by atoms with Crippen molar-refractivity contribution in [1.29, 1.82) is 0 Å². The summed E-state index contributed by atoms with van der Waals surface area (Å²) in [5.41, 5.74) is -3.11. The first-order valence-electron chi connectivity index (χ1n) is 10.0. The maximum Gasteiger partial charge on any atom is 0.337 e. The van der Waals surface area contributed by atoms with E-state index in [4.69, 9.17) is 4.74 Å². The van der Waals surface area contributed by atoms with E-state index in [1.54, 1.807) is 20.8 Å². The van der Waals surface area contributed by atoms with Crippen molar-refractivity contribution in [2.75, 3.05) is 5.32 Å². The predicted molar refractivity (Wildman–Crippen MR) is 108 cm³/mol. The minimum Gasteiger partial charge on any atom is -0.457 e. The van der Waals surface area contributed by atoms with Crippen molar-refractivity contribution in [3.63, 3.8) is 0 Å². The number of Topliss-reactive ketones (excluding diaryl/α,β-unsaturated/α-hetero) is 1. The van der Waals surface area contributed by atoms with Gasteiger partial charge < -0.3 is 10.1 Å². The van der Waals surface area contributed by atoms with Crippen LogP contribution in [0.4, 0.5) is 27.8 Å². The van der Waals surface area contributed by atoms with E-state index in [0.29, 0.717) is 0 Å². The molecule has 3 rings (SSSR count). The van der Waals surface area contributed by atoms with Crippen LogP contribution < -0.4 is 5.32 Å². The van der Waals surface area contributed by atoms with Crippen LogP contribution in [-0.2, 0) is 16.6 Å². The molecule has 1 N–H and O–H groups in total. The summed E-state index contributed by atoms with van der Waals surface area (Å²) in [6.45, 7) is 7.54. The van der Waals surface area contributed by atoms with Crippen LogP contribution in [0, 0.1) is 29.1 Å². The van der Waals surface area contributed by atoms with Crippen molar-refractivity contribution in [2.45, 2.75) is 52.6 Å². The van der Waals surface area contributed by atoms with E-state index < -0.39 is 63.5 Å². The fourth-order valence-corrected chi connectivity index (χ4v) is 3.71. The van der Waals surface area contributed by atoms with Gasteiger partial charge in [0.1, 0.15) is 17.1 Å². The molecule has 1 aliphatic rings. The summed E-state index contributed by atoms with van der Waals surface area (Å²) in [5, 5.41) is 6.93. The molecule has 33 heavy (non-hydrogen) atoms. The molecule has 0 fully saturated rings. The maximum atomic E-state index is 15.0. The molecule has 0 amide bonds. The summed E-state index contributed by atoms with van der Waals surface area (Å²) >= 11 is 0. The number of allylic oxidation sites excluding steroid dienone is 1. The van der Waals surface area contributed by atoms with Gasteiger partial charge in [-0.15, -0.1) is 0 Å². The highest BCUT2D eigenvalue weighted by molar-refractivity contribution is 6.01. The van der Waals surface area contributed by atoms with Gasteiger partial charge in [0.15, 0.2) is 29.1 Å². The Morgan fingerprint density at radius 3 is 2.00 bits per heavy atom. The molecule has 1 aliphatic heterocycles. The number of rotatable bonds is 4. The molecule has 11 heteroatoms. The van der Waals surface area contributed by atoms with Crippen molar-refractivity contribution in [2.24, 2.45) is 7.05 Å². The largest absolute Gasteiger partial charge is 0.457 e. The molecule has 0 radical (unpaired) electrons. The number of ether oxygens (including phenoxy) is 1. The van der Waals surface area contributed by atoms with Crippen molar-refractivity contribution < 1.29 is 36.3 Å². The van der Waals surface area contributed by atoms with Crippen molar-refractivity contribution in [3.8, 4) is 0 Å². The summed E-state index contributed by atoms with van der Waals surface area (Å²) in [6.07, 6.45) is -0.0578. The number of hydrogen-bond acceptors (Lipinski definition) is 5. The second-order valence-electron chi connectivity index (χ2n) is 8.59. The van der Waals surface area contributed by atoms with E-state index in [-0.39, 0.29) is 29.2 Å². The molecule has 1 aromatic heterocycles. The molecule has 6 nitrogen and oxygen atoms in total. The molecule has 1 unspecified atom stereocenters. The Bertz CT molecular complexity index is 1180. The lowest BCUT2D eigenvalue weighted by Gasteiger charge is -2.31. The third kappa shape index (κ3) is 4.00. The molecule has 178 valence electrons. The first-order chi connectivity index (χ1) is 15.2. The SMILES string of the molecule is CCC(=O)c1nn(C)c2c1C(c1c(F)c(F)c(F)c(F)c1F)C(C(=O)OC(C)(C)C)=C(C)N2. The molecule has 2 aromatic rings. The van der Waals surface area contributed by atoms with Gasteiger partial charge in [0.25, 0.3) is 0 Å². The van der Waals surface area contributed by atoms with Crippen LogP contribution in [0.2, 0.25) is 0 Å². The lowest BCUT2D eigenvalue weighted by atomic mass is 9.80. The van der Waals surface area contributed by atoms with E-state index >= 15 is 0 Å². The van der Waals surface area contributed by atoms with Gasteiger partial charge in [-0.1, -0.05) is 6.92 Å². The average molecular weight is 471 g/mol. The van der Waals surface area contributed by atoms with Gasteiger partial charge in [-0.2, -0.15) is 5.10 Å². The fraction of sp³-hybridized carbons (Fsp3) is 0.409. The number of benzene rings is 1. The monoisotopic (exact) mass is 471 g/mol. The highest BCUT2D eigenvalue weighted by atomic mass is 19.2. The van der Waals surface area contributed by atoms with E-state index in [9.17, 15) is 31.5 Å². The zero-order valence-corrected chi connectivity index (χ0v) is 18.8. The number of aryl methyl sites for hydroxylation is 1. The molecule has 0 saturated heterocycles. The number of anilines is 1. The number of halogens is 5. The topological polar surface area (TPSA) is 73.2 Å². The number of aromatic nitrogens is 2. The molecular formula is C22H22F5N3O3. The normalized spacial score (nSPS) is 15.9. The second-order valence-corrected chi connectivity index (χ2v) is 8.59. The van der Waals surface area contributed by atoms with Gasteiger partial charge >= 0.3 is 5.97 Å². The van der Waals surface area contributed by atoms with E-state index in [1.165, 1.54) is 25.6 Å². The summed E-state index contributed by atoms with van der Waals surface area (Å²) < 4.78 is 78.6. The predicted octanol–water partition coefficient (Wildman–Crippen LogP) is 4.88. The van der Waals surface area contributed by atoms with E-state index in [1.807, 2.05) is 0 Å². The third-order valence-electron chi connectivity index (χ3n) is 5.11. The molecule has 0 saturated carbocycles. The highest BCUT2D eigenvalue weighted by Gasteiger charge is 2.44. The average Bonchev–Trinajstić information content (AvgIpc) is 3.05. The molecule has 0 spiro atoms. The van der Waals surface area contributed by atoms with Crippen LogP contribution in [0.3, 0.4) is 0 Å². The minimum atomic E-state index is -2.33. The first-order valence-corrected chi connectivity index (χ1v) is 10.0. The lowest BCUT2D eigenvalue weighted by molar-refractivity contribution is -0.150. The Labute approximate surface area is 186 Å². The molecular weight excluding hydrogens is 449 g/mol. The van der Waals surface area contributed by atoms with Crippen LogP contribution in [0.25, 0.3) is 0 Å². The Hall–Kier alpha value is -3.24. The smallest absolute Gasteiger partial charge is 0.337 e. The van der Waals surface area contributed by atoms with Crippen molar-refractivity contribution in [1.82, 2.24) is 9.78 Å². The number of nitrogens with zero attached hydrogens (tertiary/aromatic N) is 2. The fourth-order valence-electron chi connectivity index (χ4n) is 3.71. The molecule has 0 aliphatic carbocycles. The highest BCUT2D eigenvalue weighted by Crippen LogP contribution is 2.46. The van der Waals surface area contributed by atoms with Gasteiger partial charge in [-0.3, -0.25) is 9.48 Å². The van der Waals surface area contributed by atoms with E-state index in [0.717, 1.165) is 0 Å². The summed E-state index contributed by atoms with van der Waals surface area (Å²) in [7, 11) is 1.43. The van der Waals surface area contributed by atoms with Crippen LogP contribution in [0.1, 0.15) is 68.6 Å².